The SMILES string of the molecule is CC(C)CC(O)CNc1cccc(C#N)c1N. The van der Waals surface area contributed by atoms with E-state index in [4.69, 9.17) is 11.0 Å². The van der Waals surface area contributed by atoms with Gasteiger partial charge in [0.05, 0.1) is 23.0 Å². The third-order valence-corrected chi connectivity index (χ3v) is 2.50. The van der Waals surface area contributed by atoms with Crippen LogP contribution in [0.3, 0.4) is 0 Å². The molecule has 0 aromatic heterocycles. The lowest BCUT2D eigenvalue weighted by Gasteiger charge is -2.16. The summed E-state index contributed by atoms with van der Waals surface area (Å²) in [4.78, 5) is 0. The van der Waals surface area contributed by atoms with Gasteiger partial charge in [-0.05, 0) is 24.5 Å². The predicted molar refractivity (Wildman–Crippen MR) is 69.5 cm³/mol. The third-order valence-electron chi connectivity index (χ3n) is 2.50. The Morgan fingerprint density at radius 2 is 2.18 bits per heavy atom. The second-order valence-corrected chi connectivity index (χ2v) is 4.54. The van der Waals surface area contributed by atoms with Crippen molar-refractivity contribution in [1.29, 1.82) is 5.26 Å². The lowest BCUT2D eigenvalue weighted by Crippen LogP contribution is -2.21. The number of rotatable bonds is 5. The van der Waals surface area contributed by atoms with E-state index in [0.29, 0.717) is 29.4 Å². The zero-order valence-electron chi connectivity index (χ0n) is 10.3. The maximum absolute atomic E-state index is 9.73. The van der Waals surface area contributed by atoms with E-state index in [9.17, 15) is 5.11 Å². The smallest absolute Gasteiger partial charge is 0.101 e. The van der Waals surface area contributed by atoms with Crippen molar-refractivity contribution in [3.05, 3.63) is 23.8 Å². The number of aliphatic hydroxyl groups is 1. The van der Waals surface area contributed by atoms with Crippen molar-refractivity contribution in [2.24, 2.45) is 5.92 Å². The van der Waals surface area contributed by atoms with Crippen molar-refractivity contribution in [1.82, 2.24) is 0 Å². The van der Waals surface area contributed by atoms with Crippen molar-refractivity contribution in [3.63, 3.8) is 0 Å². The zero-order valence-corrected chi connectivity index (χ0v) is 10.3. The lowest BCUT2D eigenvalue weighted by atomic mass is 10.1. The number of hydrogen-bond acceptors (Lipinski definition) is 4. The maximum Gasteiger partial charge on any atom is 0.101 e. The Labute approximate surface area is 102 Å². The van der Waals surface area contributed by atoms with Gasteiger partial charge in [0, 0.05) is 6.54 Å². The second kappa shape index (κ2) is 6.12. The number of nitrogens with one attached hydrogen (secondary N) is 1. The molecule has 4 N–H and O–H groups in total. The molecular weight excluding hydrogens is 214 g/mol. The van der Waals surface area contributed by atoms with Gasteiger partial charge in [-0.1, -0.05) is 19.9 Å². The quantitative estimate of drug-likeness (QED) is 0.679. The molecule has 92 valence electrons. The standard InChI is InChI=1S/C13H19N3O/c1-9(2)6-11(17)8-16-12-5-3-4-10(7-14)13(12)15/h3-5,9,11,16-17H,6,8,15H2,1-2H3. The van der Waals surface area contributed by atoms with Gasteiger partial charge in [0.25, 0.3) is 0 Å². The maximum atomic E-state index is 9.73. The highest BCUT2D eigenvalue weighted by molar-refractivity contribution is 5.72. The summed E-state index contributed by atoms with van der Waals surface area (Å²) in [7, 11) is 0. The minimum Gasteiger partial charge on any atom is -0.396 e. The molecule has 0 radical (unpaired) electrons. The summed E-state index contributed by atoms with van der Waals surface area (Å²) in [6.07, 6.45) is 0.338. The van der Waals surface area contributed by atoms with E-state index in [0.717, 1.165) is 6.42 Å². The first kappa shape index (κ1) is 13.3. The van der Waals surface area contributed by atoms with Gasteiger partial charge in [0.2, 0.25) is 0 Å². The van der Waals surface area contributed by atoms with Crippen LogP contribution in [0.4, 0.5) is 11.4 Å². The van der Waals surface area contributed by atoms with Crippen LogP contribution in [0.5, 0.6) is 0 Å². The topological polar surface area (TPSA) is 82.1 Å². The van der Waals surface area contributed by atoms with Gasteiger partial charge < -0.3 is 16.2 Å². The number of nitrogens with two attached hydrogens (primary N) is 1. The Hall–Kier alpha value is -1.73. The van der Waals surface area contributed by atoms with Gasteiger partial charge in [-0.15, -0.1) is 0 Å². The van der Waals surface area contributed by atoms with E-state index in [2.05, 4.69) is 19.2 Å². The zero-order chi connectivity index (χ0) is 12.8. The first-order valence-corrected chi connectivity index (χ1v) is 5.75. The van der Waals surface area contributed by atoms with Crippen molar-refractivity contribution in [2.75, 3.05) is 17.6 Å². The summed E-state index contributed by atoms with van der Waals surface area (Å²) >= 11 is 0. The fourth-order valence-corrected chi connectivity index (χ4v) is 1.67. The molecule has 0 bridgehead atoms. The first-order valence-electron chi connectivity index (χ1n) is 5.75. The summed E-state index contributed by atoms with van der Waals surface area (Å²) < 4.78 is 0. The Morgan fingerprint density at radius 1 is 1.47 bits per heavy atom. The molecule has 17 heavy (non-hydrogen) atoms. The summed E-state index contributed by atoms with van der Waals surface area (Å²) in [5, 5.41) is 21.6. The number of hydrogen-bond donors (Lipinski definition) is 3. The van der Waals surface area contributed by atoms with Crippen molar-refractivity contribution in [2.45, 2.75) is 26.4 Å². The molecule has 1 aromatic rings. The highest BCUT2D eigenvalue weighted by Crippen LogP contribution is 2.22. The monoisotopic (exact) mass is 233 g/mol. The molecule has 0 spiro atoms. The number of nitrogens with zero attached hydrogens (tertiary/aromatic N) is 1. The molecule has 0 fully saturated rings. The van der Waals surface area contributed by atoms with Gasteiger partial charge in [0.1, 0.15) is 6.07 Å². The summed E-state index contributed by atoms with van der Waals surface area (Å²) in [6.45, 7) is 4.57. The van der Waals surface area contributed by atoms with E-state index in [1.165, 1.54) is 0 Å². The van der Waals surface area contributed by atoms with Crippen LogP contribution in [-0.2, 0) is 0 Å². The van der Waals surface area contributed by atoms with E-state index < -0.39 is 6.10 Å². The van der Waals surface area contributed by atoms with Gasteiger partial charge in [-0.25, -0.2) is 0 Å². The molecule has 0 heterocycles. The van der Waals surface area contributed by atoms with Crippen LogP contribution >= 0.6 is 0 Å². The molecule has 0 amide bonds. The van der Waals surface area contributed by atoms with Gasteiger partial charge in [0.15, 0.2) is 0 Å². The summed E-state index contributed by atoms with van der Waals surface area (Å²) in [5.41, 5.74) is 7.40. The van der Waals surface area contributed by atoms with Crippen LogP contribution in [0.25, 0.3) is 0 Å². The number of nitrogen functional groups attached to an aromatic ring is 1. The largest absolute Gasteiger partial charge is 0.396 e. The molecule has 1 atom stereocenters. The van der Waals surface area contributed by atoms with Gasteiger partial charge >= 0.3 is 0 Å². The molecule has 1 unspecified atom stereocenters. The fourth-order valence-electron chi connectivity index (χ4n) is 1.67. The number of nitriles is 1. The van der Waals surface area contributed by atoms with Crippen molar-refractivity contribution < 1.29 is 5.11 Å². The van der Waals surface area contributed by atoms with Crippen LogP contribution in [0.2, 0.25) is 0 Å². The van der Waals surface area contributed by atoms with E-state index in [1.807, 2.05) is 6.07 Å². The fraction of sp³-hybridized carbons (Fsp3) is 0.462. The Bertz CT molecular complexity index is 410. The lowest BCUT2D eigenvalue weighted by molar-refractivity contribution is 0.161. The Balaban J connectivity index is 2.61. The molecule has 1 rings (SSSR count). The van der Waals surface area contributed by atoms with Crippen LogP contribution in [-0.4, -0.2) is 17.8 Å². The molecule has 1 aromatic carbocycles. The third kappa shape index (κ3) is 3.97. The number of aliphatic hydroxyl groups excluding tert-OH is 1. The molecule has 0 saturated heterocycles. The molecule has 0 aliphatic heterocycles. The van der Waals surface area contributed by atoms with Crippen LogP contribution in [0.15, 0.2) is 18.2 Å². The van der Waals surface area contributed by atoms with Crippen LogP contribution in [0.1, 0.15) is 25.8 Å². The van der Waals surface area contributed by atoms with Gasteiger partial charge in [-0.3, -0.25) is 0 Å². The molecular formula is C13H19N3O. The van der Waals surface area contributed by atoms with Gasteiger partial charge in [-0.2, -0.15) is 5.26 Å². The molecule has 4 heteroatoms. The highest BCUT2D eigenvalue weighted by atomic mass is 16.3. The molecule has 4 nitrogen and oxygen atoms in total. The highest BCUT2D eigenvalue weighted by Gasteiger charge is 2.08. The van der Waals surface area contributed by atoms with E-state index >= 15 is 0 Å². The molecule has 0 saturated carbocycles. The van der Waals surface area contributed by atoms with Crippen LogP contribution in [0, 0.1) is 17.2 Å². The van der Waals surface area contributed by atoms with Crippen molar-refractivity contribution in [3.8, 4) is 6.07 Å². The molecule has 0 aliphatic carbocycles. The first-order chi connectivity index (χ1) is 8.04. The number of benzene rings is 1. The average Bonchev–Trinajstić information content (AvgIpc) is 2.27. The van der Waals surface area contributed by atoms with E-state index in [1.54, 1.807) is 18.2 Å². The Kier molecular flexibility index (Phi) is 4.80. The average molecular weight is 233 g/mol. The number of anilines is 2. The summed E-state index contributed by atoms with van der Waals surface area (Å²) in [6, 6.07) is 7.27. The molecule has 0 aliphatic rings. The normalized spacial score (nSPS) is 12.2. The Morgan fingerprint density at radius 3 is 2.76 bits per heavy atom. The van der Waals surface area contributed by atoms with Crippen molar-refractivity contribution >= 4 is 11.4 Å². The minimum absolute atomic E-state index is 0.403. The van der Waals surface area contributed by atoms with E-state index in [-0.39, 0.29) is 0 Å². The van der Waals surface area contributed by atoms with Crippen LogP contribution < -0.4 is 11.1 Å². The second-order valence-electron chi connectivity index (χ2n) is 4.54. The summed E-state index contributed by atoms with van der Waals surface area (Å²) in [5.74, 6) is 0.453. The number of para-hydroxylation sites is 1. The minimum atomic E-state index is -0.403. The predicted octanol–water partition coefficient (Wildman–Crippen LogP) is 1.96.